The normalized spacial score (nSPS) is 11.6. The van der Waals surface area contributed by atoms with Crippen LogP contribution in [0, 0.1) is 0 Å². The van der Waals surface area contributed by atoms with Gasteiger partial charge in [-0.3, -0.25) is 9.12 Å². The van der Waals surface area contributed by atoms with E-state index in [0.29, 0.717) is 18.0 Å². The summed E-state index contributed by atoms with van der Waals surface area (Å²) in [5.74, 6) is 0.331. The molecule has 0 bridgehead atoms. The topological polar surface area (TPSA) is 72.7 Å². The van der Waals surface area contributed by atoms with E-state index in [4.69, 9.17) is 4.74 Å². The molecule has 2 heterocycles. The first-order valence-corrected chi connectivity index (χ1v) is 10.7. The standard InChI is InChI=1S/C19H17N3O3S2/c1-2-25-17-8-3-4-9-18(17)27(23,24)21-15-7-5-6-14(12-15)16-13-22-10-11-26-19(22)20-16/h3-13,21H,2H2,1H3. The van der Waals surface area contributed by atoms with Crippen molar-refractivity contribution in [3.63, 3.8) is 0 Å². The number of hydrogen-bond acceptors (Lipinski definition) is 5. The van der Waals surface area contributed by atoms with Gasteiger partial charge in [-0.05, 0) is 31.2 Å². The number of ether oxygens (including phenoxy) is 1. The Morgan fingerprint density at radius 3 is 2.85 bits per heavy atom. The second-order valence-electron chi connectivity index (χ2n) is 5.79. The van der Waals surface area contributed by atoms with E-state index < -0.39 is 10.0 Å². The van der Waals surface area contributed by atoms with Crippen LogP contribution in [0.2, 0.25) is 0 Å². The Kier molecular flexibility index (Phi) is 4.59. The van der Waals surface area contributed by atoms with Crippen molar-refractivity contribution in [2.24, 2.45) is 0 Å². The molecule has 6 nitrogen and oxygen atoms in total. The molecule has 138 valence electrons. The highest BCUT2D eigenvalue weighted by Gasteiger charge is 2.19. The number of anilines is 1. The number of fused-ring (bicyclic) bond motifs is 1. The Bertz CT molecular complexity index is 1170. The molecule has 2 aromatic carbocycles. The van der Waals surface area contributed by atoms with Crippen LogP contribution in [0.5, 0.6) is 5.75 Å². The monoisotopic (exact) mass is 399 g/mol. The fourth-order valence-corrected chi connectivity index (χ4v) is 4.66. The third-order valence-electron chi connectivity index (χ3n) is 3.94. The number of rotatable bonds is 6. The number of sulfonamides is 1. The predicted molar refractivity (Wildman–Crippen MR) is 107 cm³/mol. The quantitative estimate of drug-likeness (QED) is 0.526. The van der Waals surface area contributed by atoms with Gasteiger partial charge in [0.1, 0.15) is 10.6 Å². The zero-order valence-corrected chi connectivity index (χ0v) is 16.1. The maximum atomic E-state index is 12.8. The Hall–Kier alpha value is -2.84. The predicted octanol–water partition coefficient (Wildman–Crippen LogP) is 4.26. The molecule has 0 atom stereocenters. The molecular weight excluding hydrogens is 382 g/mol. The minimum Gasteiger partial charge on any atom is -0.492 e. The van der Waals surface area contributed by atoms with E-state index in [1.165, 1.54) is 6.07 Å². The van der Waals surface area contributed by atoms with Crippen molar-refractivity contribution >= 4 is 32.0 Å². The van der Waals surface area contributed by atoms with Crippen molar-refractivity contribution in [3.05, 3.63) is 66.3 Å². The van der Waals surface area contributed by atoms with Gasteiger partial charge in [0.2, 0.25) is 0 Å². The molecule has 0 saturated carbocycles. The van der Waals surface area contributed by atoms with E-state index >= 15 is 0 Å². The Morgan fingerprint density at radius 1 is 1.19 bits per heavy atom. The van der Waals surface area contributed by atoms with Gasteiger partial charge in [0.15, 0.2) is 4.96 Å². The van der Waals surface area contributed by atoms with Crippen molar-refractivity contribution in [1.82, 2.24) is 9.38 Å². The van der Waals surface area contributed by atoms with Crippen molar-refractivity contribution in [2.75, 3.05) is 11.3 Å². The molecule has 0 aliphatic carbocycles. The summed E-state index contributed by atoms with van der Waals surface area (Å²) < 4.78 is 35.7. The maximum absolute atomic E-state index is 12.8. The molecule has 0 fully saturated rings. The number of thiazole rings is 1. The summed E-state index contributed by atoms with van der Waals surface area (Å²) in [6.07, 6.45) is 3.86. The number of aromatic nitrogens is 2. The highest BCUT2D eigenvalue weighted by atomic mass is 32.2. The summed E-state index contributed by atoms with van der Waals surface area (Å²) in [6, 6.07) is 13.8. The zero-order valence-electron chi connectivity index (χ0n) is 14.5. The molecular formula is C19H17N3O3S2. The van der Waals surface area contributed by atoms with Crippen LogP contribution in [0.25, 0.3) is 16.2 Å². The van der Waals surface area contributed by atoms with Crippen molar-refractivity contribution < 1.29 is 13.2 Å². The van der Waals surface area contributed by atoms with Gasteiger partial charge in [-0.25, -0.2) is 13.4 Å². The number of imidazole rings is 1. The van der Waals surface area contributed by atoms with E-state index in [1.54, 1.807) is 47.7 Å². The molecule has 0 aliphatic rings. The van der Waals surface area contributed by atoms with Gasteiger partial charge in [0, 0.05) is 29.0 Å². The fourth-order valence-electron chi connectivity index (χ4n) is 2.77. The van der Waals surface area contributed by atoms with E-state index in [1.807, 2.05) is 35.2 Å². The number of nitrogens with zero attached hydrogens (tertiary/aromatic N) is 2. The average molecular weight is 399 g/mol. The van der Waals surface area contributed by atoms with Crippen molar-refractivity contribution in [2.45, 2.75) is 11.8 Å². The number of benzene rings is 2. The van der Waals surface area contributed by atoms with Crippen molar-refractivity contribution in [1.29, 1.82) is 0 Å². The highest BCUT2D eigenvalue weighted by molar-refractivity contribution is 7.92. The third-order valence-corrected chi connectivity index (χ3v) is 6.13. The molecule has 0 radical (unpaired) electrons. The van der Waals surface area contributed by atoms with Crippen LogP contribution in [0.1, 0.15) is 6.92 Å². The van der Waals surface area contributed by atoms with Gasteiger partial charge in [-0.1, -0.05) is 24.3 Å². The Balaban J connectivity index is 1.65. The minimum atomic E-state index is -3.78. The van der Waals surface area contributed by atoms with Gasteiger partial charge in [-0.2, -0.15) is 0 Å². The number of nitrogens with one attached hydrogen (secondary N) is 1. The zero-order chi connectivity index (χ0) is 18.9. The third kappa shape index (κ3) is 3.54. The molecule has 27 heavy (non-hydrogen) atoms. The molecule has 4 rings (SSSR count). The smallest absolute Gasteiger partial charge is 0.265 e. The van der Waals surface area contributed by atoms with E-state index in [-0.39, 0.29) is 4.90 Å². The van der Waals surface area contributed by atoms with Crippen LogP contribution in [0.15, 0.2) is 71.2 Å². The van der Waals surface area contributed by atoms with E-state index in [9.17, 15) is 8.42 Å². The van der Waals surface area contributed by atoms with Gasteiger partial charge in [0.05, 0.1) is 12.3 Å². The van der Waals surface area contributed by atoms with Gasteiger partial charge in [-0.15, -0.1) is 11.3 Å². The minimum absolute atomic E-state index is 0.111. The number of hydrogen-bond donors (Lipinski definition) is 1. The lowest BCUT2D eigenvalue weighted by Gasteiger charge is -2.12. The highest BCUT2D eigenvalue weighted by Crippen LogP contribution is 2.28. The lowest BCUT2D eigenvalue weighted by molar-refractivity contribution is 0.331. The average Bonchev–Trinajstić information content (AvgIpc) is 3.24. The Labute approximate surface area is 161 Å². The van der Waals surface area contributed by atoms with Crippen LogP contribution in [-0.4, -0.2) is 24.4 Å². The molecule has 0 saturated heterocycles. The first kappa shape index (κ1) is 17.6. The maximum Gasteiger partial charge on any atom is 0.265 e. The van der Waals surface area contributed by atoms with Gasteiger partial charge >= 0.3 is 0 Å². The molecule has 2 aromatic heterocycles. The second kappa shape index (κ2) is 7.05. The summed E-state index contributed by atoms with van der Waals surface area (Å²) in [4.78, 5) is 5.56. The molecule has 1 N–H and O–H groups in total. The van der Waals surface area contributed by atoms with E-state index in [2.05, 4.69) is 9.71 Å². The van der Waals surface area contributed by atoms with Crippen LogP contribution < -0.4 is 9.46 Å². The number of para-hydroxylation sites is 1. The first-order valence-electron chi connectivity index (χ1n) is 8.34. The SMILES string of the molecule is CCOc1ccccc1S(=O)(=O)Nc1cccc(-c2cn3ccsc3n2)c1. The molecule has 0 spiro atoms. The van der Waals surface area contributed by atoms with E-state index in [0.717, 1.165) is 16.2 Å². The lowest BCUT2D eigenvalue weighted by atomic mass is 10.1. The summed E-state index contributed by atoms with van der Waals surface area (Å²) >= 11 is 1.55. The van der Waals surface area contributed by atoms with Crippen LogP contribution in [-0.2, 0) is 10.0 Å². The molecule has 8 heteroatoms. The largest absolute Gasteiger partial charge is 0.492 e. The second-order valence-corrected chi connectivity index (χ2v) is 8.31. The van der Waals surface area contributed by atoms with Gasteiger partial charge < -0.3 is 4.74 Å². The molecule has 0 aliphatic heterocycles. The first-order chi connectivity index (χ1) is 13.1. The molecule has 0 unspecified atom stereocenters. The fraction of sp³-hybridized carbons (Fsp3) is 0.105. The molecule has 0 amide bonds. The summed E-state index contributed by atoms with van der Waals surface area (Å²) in [7, 11) is -3.78. The summed E-state index contributed by atoms with van der Waals surface area (Å²) in [6.45, 7) is 2.20. The Morgan fingerprint density at radius 2 is 2.04 bits per heavy atom. The summed E-state index contributed by atoms with van der Waals surface area (Å²) in [5.41, 5.74) is 2.09. The van der Waals surface area contributed by atoms with Crippen molar-refractivity contribution in [3.8, 4) is 17.0 Å². The van der Waals surface area contributed by atoms with Crippen LogP contribution in [0.3, 0.4) is 0 Å². The van der Waals surface area contributed by atoms with Crippen LogP contribution in [0.4, 0.5) is 5.69 Å². The lowest BCUT2D eigenvalue weighted by Crippen LogP contribution is -2.14. The van der Waals surface area contributed by atoms with Crippen LogP contribution >= 0.6 is 11.3 Å². The van der Waals surface area contributed by atoms with Gasteiger partial charge in [0.25, 0.3) is 10.0 Å². The molecule has 4 aromatic rings. The summed E-state index contributed by atoms with van der Waals surface area (Å²) in [5, 5.41) is 1.96.